The van der Waals surface area contributed by atoms with E-state index < -0.39 is 0 Å². The summed E-state index contributed by atoms with van der Waals surface area (Å²) in [5.41, 5.74) is 1.08. The molecule has 0 aliphatic carbocycles. The molecule has 8 heteroatoms. The van der Waals surface area contributed by atoms with Crippen LogP contribution in [0.15, 0.2) is 29.4 Å². The Morgan fingerprint density at radius 3 is 2.57 bits per heavy atom. The van der Waals surface area contributed by atoms with Gasteiger partial charge in [-0.25, -0.2) is 0 Å². The number of fused-ring (bicyclic) bond motifs is 1. The van der Waals surface area contributed by atoms with Crippen LogP contribution in [0.3, 0.4) is 0 Å². The topological polar surface area (TPSA) is 52.2 Å². The predicted molar refractivity (Wildman–Crippen MR) is 93.3 cm³/mol. The van der Waals surface area contributed by atoms with Crippen molar-refractivity contribution in [1.29, 1.82) is 0 Å². The molecule has 0 N–H and O–H groups in total. The molecule has 0 atom stereocenters. The van der Waals surface area contributed by atoms with Crippen molar-refractivity contribution in [3.63, 3.8) is 0 Å². The number of benzene rings is 1. The van der Waals surface area contributed by atoms with Crippen LogP contribution < -0.4 is 4.80 Å². The number of hydrogen-bond donors (Lipinski definition) is 0. The first-order valence-corrected chi connectivity index (χ1v) is 8.53. The van der Waals surface area contributed by atoms with Crippen molar-refractivity contribution in [3.8, 4) is 0 Å². The van der Waals surface area contributed by atoms with Gasteiger partial charge in [-0.15, -0.1) is 0 Å². The van der Waals surface area contributed by atoms with Crippen LogP contribution in [-0.4, -0.2) is 20.3 Å². The number of halogens is 2. The van der Waals surface area contributed by atoms with Crippen LogP contribution in [0.1, 0.15) is 30.4 Å². The van der Waals surface area contributed by atoms with Gasteiger partial charge in [0.1, 0.15) is 0 Å². The first-order valence-electron chi connectivity index (χ1n) is 6.96. The minimum atomic E-state index is -0.390. The quantitative estimate of drug-likeness (QED) is 0.684. The van der Waals surface area contributed by atoms with E-state index in [1.54, 1.807) is 40.7 Å². The van der Waals surface area contributed by atoms with Crippen LogP contribution in [-0.2, 0) is 7.05 Å². The Morgan fingerprint density at radius 1 is 1.26 bits per heavy atom. The Kier molecular flexibility index (Phi) is 4.31. The smallest absolute Gasteiger partial charge is 0.300 e. The molecule has 0 saturated carbocycles. The van der Waals surface area contributed by atoms with E-state index in [1.807, 2.05) is 13.8 Å². The Bertz CT molecular complexity index is 968. The van der Waals surface area contributed by atoms with E-state index in [0.717, 1.165) is 10.2 Å². The summed E-state index contributed by atoms with van der Waals surface area (Å²) in [4.78, 5) is 17.0. The third-order valence-corrected chi connectivity index (χ3v) is 5.30. The molecule has 2 heterocycles. The van der Waals surface area contributed by atoms with Gasteiger partial charge in [-0.05, 0) is 32.0 Å². The zero-order valence-electron chi connectivity index (χ0n) is 12.7. The molecule has 0 aliphatic heterocycles. The Labute approximate surface area is 146 Å². The maximum atomic E-state index is 12.3. The average molecular weight is 369 g/mol. The number of thiazole rings is 1. The normalized spacial score (nSPS) is 12.5. The molecule has 0 bridgehead atoms. The highest BCUT2D eigenvalue weighted by molar-refractivity contribution is 7.17. The maximum absolute atomic E-state index is 12.3. The first kappa shape index (κ1) is 16.2. The molecular weight excluding hydrogens is 355 g/mol. The zero-order chi connectivity index (χ0) is 16.7. The van der Waals surface area contributed by atoms with Gasteiger partial charge in [0.15, 0.2) is 10.5 Å². The average Bonchev–Trinajstić information content (AvgIpc) is 3.10. The van der Waals surface area contributed by atoms with Gasteiger partial charge in [0, 0.05) is 19.3 Å². The summed E-state index contributed by atoms with van der Waals surface area (Å²) in [6.07, 6.45) is 1.77. The van der Waals surface area contributed by atoms with E-state index in [4.69, 9.17) is 23.2 Å². The van der Waals surface area contributed by atoms with Crippen LogP contribution in [0.25, 0.3) is 10.2 Å². The number of carbonyl (C=O) groups is 1. The minimum absolute atomic E-state index is 0.189. The van der Waals surface area contributed by atoms with Crippen LogP contribution in [0.5, 0.6) is 0 Å². The molecule has 0 fully saturated rings. The molecule has 120 valence electrons. The molecule has 3 aromatic rings. The summed E-state index contributed by atoms with van der Waals surface area (Å²) in [5, 5.41) is 5.40. The summed E-state index contributed by atoms with van der Waals surface area (Å²) in [7, 11) is 1.81. The molecule has 0 saturated heterocycles. The second-order valence-electron chi connectivity index (χ2n) is 5.34. The molecule has 1 amide bonds. The van der Waals surface area contributed by atoms with Crippen molar-refractivity contribution in [3.05, 3.63) is 44.9 Å². The number of aryl methyl sites for hydroxylation is 1. The van der Waals surface area contributed by atoms with E-state index in [1.165, 1.54) is 11.3 Å². The second-order valence-corrected chi connectivity index (χ2v) is 7.13. The van der Waals surface area contributed by atoms with Crippen LogP contribution in [0.4, 0.5) is 0 Å². The van der Waals surface area contributed by atoms with Gasteiger partial charge in [-0.2, -0.15) is 10.1 Å². The van der Waals surface area contributed by atoms with Gasteiger partial charge in [-0.3, -0.25) is 9.48 Å². The zero-order valence-corrected chi connectivity index (χ0v) is 15.1. The van der Waals surface area contributed by atoms with Crippen molar-refractivity contribution < 1.29 is 4.79 Å². The fraction of sp³-hybridized carbons (Fsp3) is 0.267. The molecule has 23 heavy (non-hydrogen) atoms. The van der Waals surface area contributed by atoms with Gasteiger partial charge in [0.05, 0.1) is 20.3 Å². The molecule has 0 aliphatic rings. The summed E-state index contributed by atoms with van der Waals surface area (Å²) < 4.78 is 4.30. The monoisotopic (exact) mass is 368 g/mol. The number of rotatable bonds is 2. The molecule has 3 rings (SSSR count). The highest BCUT2D eigenvalue weighted by Gasteiger charge is 2.13. The lowest BCUT2D eigenvalue weighted by molar-refractivity contribution is 0.0992. The summed E-state index contributed by atoms with van der Waals surface area (Å²) in [6, 6.07) is 5.32. The molecular formula is C15H14Cl2N4OS. The summed E-state index contributed by atoms with van der Waals surface area (Å²) >= 11 is 13.8. The van der Waals surface area contributed by atoms with Crippen LogP contribution >= 0.6 is 34.5 Å². The Balaban J connectivity index is 2.10. The Morgan fingerprint density at radius 2 is 1.96 bits per heavy atom. The number of amides is 1. The van der Waals surface area contributed by atoms with Crippen molar-refractivity contribution in [1.82, 2.24) is 14.3 Å². The molecule has 0 spiro atoms. The minimum Gasteiger partial charge on any atom is -0.318 e. The number of nitrogens with zero attached hydrogens (tertiary/aromatic N) is 4. The molecule has 5 nitrogen and oxygen atoms in total. The molecule has 0 radical (unpaired) electrons. The van der Waals surface area contributed by atoms with E-state index >= 15 is 0 Å². The Hall–Kier alpha value is -1.63. The van der Waals surface area contributed by atoms with E-state index in [9.17, 15) is 4.79 Å². The van der Waals surface area contributed by atoms with E-state index in [0.29, 0.717) is 20.5 Å². The van der Waals surface area contributed by atoms with Crippen LogP contribution in [0.2, 0.25) is 10.0 Å². The van der Waals surface area contributed by atoms with E-state index in [2.05, 4.69) is 10.1 Å². The van der Waals surface area contributed by atoms with Crippen molar-refractivity contribution >= 4 is 50.7 Å². The highest BCUT2D eigenvalue weighted by atomic mass is 35.5. The van der Waals surface area contributed by atoms with Crippen molar-refractivity contribution in [2.75, 3.05) is 0 Å². The third kappa shape index (κ3) is 2.94. The van der Waals surface area contributed by atoms with Gasteiger partial charge < -0.3 is 4.57 Å². The fourth-order valence-corrected chi connectivity index (χ4v) is 3.83. The van der Waals surface area contributed by atoms with Gasteiger partial charge in [0.25, 0.3) is 5.91 Å². The van der Waals surface area contributed by atoms with E-state index in [-0.39, 0.29) is 11.9 Å². The van der Waals surface area contributed by atoms with Crippen molar-refractivity contribution in [2.45, 2.75) is 19.9 Å². The lowest BCUT2D eigenvalue weighted by atomic mass is 10.3. The highest BCUT2D eigenvalue weighted by Crippen LogP contribution is 2.31. The third-order valence-electron chi connectivity index (χ3n) is 3.40. The number of aromatic nitrogens is 3. The lowest BCUT2D eigenvalue weighted by Gasteiger charge is -2.02. The second kappa shape index (κ2) is 6.11. The fourth-order valence-electron chi connectivity index (χ4n) is 2.17. The van der Waals surface area contributed by atoms with Crippen molar-refractivity contribution in [2.24, 2.45) is 12.0 Å². The summed E-state index contributed by atoms with van der Waals surface area (Å²) in [6.45, 7) is 3.99. The number of carbonyl (C=O) groups excluding carboxylic acids is 1. The van der Waals surface area contributed by atoms with Gasteiger partial charge in [0.2, 0.25) is 0 Å². The standard InChI is InChI=1S/C15H14Cl2N4OS/c1-8(2)21-7-6-11(19-21)14(22)18-15-20(3)12-9(16)4-5-10(17)13(12)23-15/h4-8H,1-3H3. The molecule has 2 aromatic heterocycles. The number of hydrogen-bond acceptors (Lipinski definition) is 3. The predicted octanol–water partition coefficient (Wildman–Crippen LogP) is 4.07. The van der Waals surface area contributed by atoms with Crippen LogP contribution in [0, 0.1) is 0 Å². The molecule has 0 unspecified atom stereocenters. The first-order chi connectivity index (χ1) is 10.9. The van der Waals surface area contributed by atoms with Gasteiger partial charge >= 0.3 is 0 Å². The largest absolute Gasteiger partial charge is 0.318 e. The van der Waals surface area contributed by atoms with Gasteiger partial charge in [-0.1, -0.05) is 34.5 Å². The lowest BCUT2D eigenvalue weighted by Crippen LogP contribution is -2.14. The SMILES string of the molecule is CC(C)n1ccc(C(=O)N=c2sc3c(Cl)ccc(Cl)c3n2C)n1. The molecule has 1 aromatic carbocycles. The summed E-state index contributed by atoms with van der Waals surface area (Å²) in [5.74, 6) is -0.390. The maximum Gasteiger partial charge on any atom is 0.300 e.